The van der Waals surface area contributed by atoms with Crippen molar-refractivity contribution < 1.29 is 19.1 Å². The molecule has 0 spiro atoms. The molecule has 0 radical (unpaired) electrons. The van der Waals surface area contributed by atoms with Gasteiger partial charge in [-0.05, 0) is 48.4 Å². The third-order valence-electron chi connectivity index (χ3n) is 4.47. The summed E-state index contributed by atoms with van der Waals surface area (Å²) in [4.78, 5) is 11.4. The Hall–Kier alpha value is -2.49. The molecule has 1 fully saturated rings. The van der Waals surface area contributed by atoms with Crippen molar-refractivity contribution in [2.24, 2.45) is 5.92 Å². The number of carboxylic acids is 1. The predicted molar refractivity (Wildman–Crippen MR) is 80.6 cm³/mol. The van der Waals surface area contributed by atoms with Crippen molar-refractivity contribution in [3.8, 4) is 5.75 Å². The van der Waals surface area contributed by atoms with Crippen LogP contribution in [0.1, 0.15) is 35.4 Å². The Kier molecular flexibility index (Phi) is 3.03. The van der Waals surface area contributed by atoms with Crippen molar-refractivity contribution in [2.75, 3.05) is 0 Å². The van der Waals surface area contributed by atoms with Crippen LogP contribution in [0.25, 0.3) is 6.08 Å². The van der Waals surface area contributed by atoms with Gasteiger partial charge in [0.15, 0.2) is 0 Å². The highest BCUT2D eigenvalue weighted by Gasteiger charge is 2.42. The number of carbonyl (C=O) groups is 1. The number of benzene rings is 1. The number of carboxylic acid groups (broad SMARTS) is 1. The maximum absolute atomic E-state index is 11.4. The molecule has 1 unspecified atom stereocenters. The standard InChI is InChI=1S/C18H16O4/c19-18(20)13-6-12-7-15(12)14-2-1-3-17(16(14)8-13)22-10-11-4-5-21-9-11/h1-5,8-9,12,15H,6-7,10H2,(H,19,20)/t12-,15?/m0/s1. The second-order valence-electron chi connectivity index (χ2n) is 5.96. The largest absolute Gasteiger partial charge is 0.488 e. The first-order valence-electron chi connectivity index (χ1n) is 7.43. The average molecular weight is 296 g/mol. The summed E-state index contributed by atoms with van der Waals surface area (Å²) < 4.78 is 10.9. The number of aliphatic carboxylic acids is 1. The number of ether oxygens (including phenoxy) is 1. The number of hydrogen-bond donors (Lipinski definition) is 1. The molecule has 112 valence electrons. The van der Waals surface area contributed by atoms with Gasteiger partial charge in [0, 0.05) is 16.7 Å². The first-order chi connectivity index (χ1) is 10.7. The Bertz CT molecular complexity index is 742. The Labute approximate surface area is 128 Å². The van der Waals surface area contributed by atoms with Gasteiger partial charge in [0.05, 0.1) is 12.5 Å². The third-order valence-corrected chi connectivity index (χ3v) is 4.47. The summed E-state index contributed by atoms with van der Waals surface area (Å²) in [6.45, 7) is 0.414. The quantitative estimate of drug-likeness (QED) is 0.931. The van der Waals surface area contributed by atoms with Gasteiger partial charge in [-0.25, -0.2) is 4.79 Å². The van der Waals surface area contributed by atoms with E-state index in [1.807, 2.05) is 18.2 Å². The first-order valence-corrected chi connectivity index (χ1v) is 7.43. The highest BCUT2D eigenvalue weighted by atomic mass is 16.5. The van der Waals surface area contributed by atoms with Crippen molar-refractivity contribution in [3.05, 3.63) is 59.1 Å². The van der Waals surface area contributed by atoms with E-state index >= 15 is 0 Å². The lowest BCUT2D eigenvalue weighted by atomic mass is 10.0. The fraction of sp³-hybridized carbons (Fsp3) is 0.278. The highest BCUT2D eigenvalue weighted by molar-refractivity contribution is 5.93. The molecule has 4 rings (SSSR count). The lowest BCUT2D eigenvalue weighted by Gasteiger charge is -2.12. The lowest BCUT2D eigenvalue weighted by molar-refractivity contribution is -0.132. The summed E-state index contributed by atoms with van der Waals surface area (Å²) in [5.74, 6) is 0.849. The van der Waals surface area contributed by atoms with E-state index in [9.17, 15) is 9.90 Å². The molecule has 1 aromatic heterocycles. The van der Waals surface area contributed by atoms with Gasteiger partial charge in [0.25, 0.3) is 0 Å². The zero-order valence-electron chi connectivity index (χ0n) is 12.0. The fourth-order valence-corrected chi connectivity index (χ4v) is 3.22. The van der Waals surface area contributed by atoms with E-state index in [4.69, 9.17) is 9.15 Å². The predicted octanol–water partition coefficient (Wildman–Crippen LogP) is 3.83. The van der Waals surface area contributed by atoms with Crippen LogP contribution in [0.5, 0.6) is 5.75 Å². The molecule has 2 aromatic rings. The minimum atomic E-state index is -0.830. The summed E-state index contributed by atoms with van der Waals surface area (Å²) >= 11 is 0. The van der Waals surface area contributed by atoms with Gasteiger partial charge >= 0.3 is 5.97 Å². The summed E-state index contributed by atoms with van der Waals surface area (Å²) in [5, 5.41) is 9.37. The normalized spacial score (nSPS) is 22.1. The SMILES string of the molecule is O=C(O)C1=Cc2c(OCc3ccoc3)cccc2C2C[C@@H]2C1. The second-order valence-corrected chi connectivity index (χ2v) is 5.96. The zero-order chi connectivity index (χ0) is 15.1. The Balaban J connectivity index is 1.70. The number of fused-ring (bicyclic) bond motifs is 3. The molecule has 22 heavy (non-hydrogen) atoms. The second kappa shape index (κ2) is 5.05. The smallest absolute Gasteiger partial charge is 0.331 e. The van der Waals surface area contributed by atoms with Crippen molar-refractivity contribution in [3.63, 3.8) is 0 Å². The van der Waals surface area contributed by atoms with Crippen molar-refractivity contribution in [1.82, 2.24) is 0 Å². The molecule has 1 N–H and O–H groups in total. The van der Waals surface area contributed by atoms with Gasteiger partial charge < -0.3 is 14.3 Å². The van der Waals surface area contributed by atoms with E-state index in [0.717, 1.165) is 23.3 Å². The van der Waals surface area contributed by atoms with Crippen LogP contribution in [0.3, 0.4) is 0 Å². The van der Waals surface area contributed by atoms with Gasteiger partial charge in [0.1, 0.15) is 12.4 Å². The Morgan fingerprint density at radius 1 is 1.36 bits per heavy atom. The number of rotatable bonds is 4. The van der Waals surface area contributed by atoms with E-state index in [2.05, 4.69) is 6.07 Å². The molecule has 2 aliphatic carbocycles. The molecule has 2 aliphatic rings. The molecule has 1 aromatic carbocycles. The van der Waals surface area contributed by atoms with Crippen LogP contribution in [-0.4, -0.2) is 11.1 Å². The highest BCUT2D eigenvalue weighted by Crippen LogP contribution is 2.55. The van der Waals surface area contributed by atoms with Crippen molar-refractivity contribution in [2.45, 2.75) is 25.4 Å². The van der Waals surface area contributed by atoms with Gasteiger partial charge in [-0.1, -0.05) is 12.1 Å². The van der Waals surface area contributed by atoms with E-state index in [0.29, 0.717) is 30.4 Å². The zero-order valence-corrected chi connectivity index (χ0v) is 12.0. The summed E-state index contributed by atoms with van der Waals surface area (Å²) in [6, 6.07) is 7.83. The number of hydrogen-bond acceptors (Lipinski definition) is 3. The Morgan fingerprint density at radius 3 is 3.05 bits per heavy atom. The fourth-order valence-electron chi connectivity index (χ4n) is 3.22. The third kappa shape index (κ3) is 2.30. The van der Waals surface area contributed by atoms with Crippen LogP contribution in [0, 0.1) is 5.92 Å². The van der Waals surface area contributed by atoms with E-state index in [-0.39, 0.29) is 0 Å². The van der Waals surface area contributed by atoms with Gasteiger partial charge in [0.2, 0.25) is 0 Å². The Morgan fingerprint density at radius 2 is 2.27 bits per heavy atom. The summed E-state index contributed by atoms with van der Waals surface area (Å²) in [7, 11) is 0. The van der Waals surface area contributed by atoms with Crippen LogP contribution in [0.15, 0.2) is 46.8 Å². The van der Waals surface area contributed by atoms with Gasteiger partial charge in [-0.3, -0.25) is 0 Å². The maximum atomic E-state index is 11.4. The molecule has 4 nitrogen and oxygen atoms in total. The van der Waals surface area contributed by atoms with Crippen molar-refractivity contribution >= 4 is 12.0 Å². The summed E-state index contributed by atoms with van der Waals surface area (Å²) in [6.07, 6.45) is 6.77. The molecule has 2 atom stereocenters. The molecule has 1 heterocycles. The monoisotopic (exact) mass is 296 g/mol. The molecule has 1 saturated carbocycles. The number of furan rings is 1. The molecule has 0 bridgehead atoms. The van der Waals surface area contributed by atoms with E-state index in [1.165, 1.54) is 5.56 Å². The van der Waals surface area contributed by atoms with Crippen LogP contribution in [0.4, 0.5) is 0 Å². The van der Waals surface area contributed by atoms with Crippen LogP contribution in [-0.2, 0) is 11.4 Å². The van der Waals surface area contributed by atoms with Gasteiger partial charge in [-0.15, -0.1) is 0 Å². The summed E-state index contributed by atoms with van der Waals surface area (Å²) in [5.41, 5.74) is 3.57. The molecule has 0 amide bonds. The molecule has 0 saturated heterocycles. The molecule has 0 aliphatic heterocycles. The van der Waals surface area contributed by atoms with Crippen LogP contribution < -0.4 is 4.74 Å². The minimum absolute atomic E-state index is 0.414. The minimum Gasteiger partial charge on any atom is -0.488 e. The molecular formula is C18H16O4. The maximum Gasteiger partial charge on any atom is 0.331 e. The topological polar surface area (TPSA) is 59.7 Å². The van der Waals surface area contributed by atoms with E-state index < -0.39 is 5.97 Å². The van der Waals surface area contributed by atoms with Crippen LogP contribution in [0.2, 0.25) is 0 Å². The first kappa shape index (κ1) is 13.2. The average Bonchev–Trinajstić information content (AvgIpc) is 3.10. The van der Waals surface area contributed by atoms with Gasteiger partial charge in [-0.2, -0.15) is 0 Å². The molecular weight excluding hydrogens is 280 g/mol. The van der Waals surface area contributed by atoms with E-state index in [1.54, 1.807) is 18.6 Å². The van der Waals surface area contributed by atoms with Crippen molar-refractivity contribution in [1.29, 1.82) is 0 Å². The lowest BCUT2D eigenvalue weighted by Crippen LogP contribution is -2.01. The van der Waals surface area contributed by atoms with Crippen LogP contribution >= 0.6 is 0 Å². The molecule has 4 heteroatoms.